The van der Waals surface area contributed by atoms with Crippen LogP contribution in [-0.4, -0.2) is 5.91 Å². The normalized spacial score (nSPS) is 9.92. The van der Waals surface area contributed by atoms with E-state index in [4.69, 9.17) is 17.3 Å². The Hall–Kier alpha value is -1.16. The Bertz CT molecular complexity index is 340. The predicted molar refractivity (Wildman–Crippen MR) is 39.9 cm³/mol. The first-order valence-electron chi connectivity index (χ1n) is 2.96. The zero-order valence-electron chi connectivity index (χ0n) is 5.77. The smallest absolute Gasteiger partial charge is 0.251 e. The van der Waals surface area contributed by atoms with Crippen molar-refractivity contribution in [2.24, 2.45) is 5.73 Å². The fraction of sp³-hybridized carbons (Fsp3) is 0. The number of benzene rings is 1. The first-order valence-corrected chi connectivity index (χ1v) is 3.34. The number of halogens is 3. The molecule has 64 valence electrons. The van der Waals surface area contributed by atoms with Gasteiger partial charge >= 0.3 is 0 Å². The molecule has 1 rings (SSSR count). The third kappa shape index (κ3) is 1.53. The summed E-state index contributed by atoms with van der Waals surface area (Å²) in [6.07, 6.45) is 0. The van der Waals surface area contributed by atoms with Crippen molar-refractivity contribution in [3.63, 3.8) is 0 Å². The Kier molecular flexibility index (Phi) is 2.28. The minimum absolute atomic E-state index is 0.0669. The molecule has 0 aliphatic rings. The molecule has 0 heterocycles. The Labute approximate surface area is 71.9 Å². The van der Waals surface area contributed by atoms with Gasteiger partial charge in [-0.25, -0.2) is 8.78 Å². The molecule has 0 radical (unpaired) electrons. The highest BCUT2D eigenvalue weighted by atomic mass is 35.5. The van der Waals surface area contributed by atoms with Crippen molar-refractivity contribution in [3.05, 3.63) is 34.4 Å². The van der Waals surface area contributed by atoms with Crippen molar-refractivity contribution in [2.75, 3.05) is 0 Å². The SMILES string of the molecule is NC(=O)c1cc(Cl)cc(F)c1F. The van der Waals surface area contributed by atoms with Gasteiger partial charge in [0.2, 0.25) is 0 Å². The summed E-state index contributed by atoms with van der Waals surface area (Å²) < 4.78 is 25.2. The van der Waals surface area contributed by atoms with Gasteiger partial charge < -0.3 is 5.73 Å². The summed E-state index contributed by atoms with van der Waals surface area (Å²) >= 11 is 5.35. The first-order chi connectivity index (χ1) is 5.52. The van der Waals surface area contributed by atoms with Crippen molar-refractivity contribution in [1.82, 2.24) is 0 Å². The Balaban J connectivity index is 3.37. The minimum atomic E-state index is -1.27. The lowest BCUT2D eigenvalue weighted by Gasteiger charge is -1.99. The lowest BCUT2D eigenvalue weighted by atomic mass is 10.2. The van der Waals surface area contributed by atoms with Gasteiger partial charge in [0.25, 0.3) is 5.91 Å². The fourth-order valence-corrected chi connectivity index (χ4v) is 0.940. The third-order valence-electron chi connectivity index (χ3n) is 1.26. The number of amides is 1. The second-order valence-electron chi connectivity index (χ2n) is 2.11. The van der Waals surface area contributed by atoms with Crippen molar-refractivity contribution >= 4 is 17.5 Å². The van der Waals surface area contributed by atoms with Crippen molar-refractivity contribution < 1.29 is 13.6 Å². The average molecular weight is 192 g/mol. The number of rotatable bonds is 1. The maximum atomic E-state index is 12.7. The number of hydrogen-bond donors (Lipinski definition) is 1. The number of hydrogen-bond acceptors (Lipinski definition) is 1. The van der Waals surface area contributed by atoms with Crippen LogP contribution in [0.4, 0.5) is 8.78 Å². The Morgan fingerprint density at radius 3 is 2.50 bits per heavy atom. The average Bonchev–Trinajstić information content (AvgIpc) is 1.96. The molecule has 0 atom stereocenters. The van der Waals surface area contributed by atoms with Crippen LogP contribution < -0.4 is 5.73 Å². The van der Waals surface area contributed by atoms with Crippen LogP contribution >= 0.6 is 11.6 Å². The summed E-state index contributed by atoms with van der Waals surface area (Å²) in [7, 11) is 0. The van der Waals surface area contributed by atoms with E-state index in [0.29, 0.717) is 0 Å². The fourth-order valence-electron chi connectivity index (χ4n) is 0.735. The first kappa shape index (κ1) is 8.93. The van der Waals surface area contributed by atoms with Crippen LogP contribution in [0.15, 0.2) is 12.1 Å². The molecule has 1 amide bonds. The van der Waals surface area contributed by atoms with Crippen LogP contribution in [0, 0.1) is 11.6 Å². The van der Waals surface area contributed by atoms with Gasteiger partial charge in [0.1, 0.15) is 0 Å². The van der Waals surface area contributed by atoms with Gasteiger partial charge in [-0.15, -0.1) is 0 Å². The van der Waals surface area contributed by atoms with Gasteiger partial charge in [0.15, 0.2) is 11.6 Å². The molecule has 0 unspecified atom stereocenters. The summed E-state index contributed by atoms with van der Waals surface area (Å²) in [6, 6.07) is 1.74. The van der Waals surface area contributed by atoms with E-state index in [2.05, 4.69) is 0 Å². The van der Waals surface area contributed by atoms with Crippen LogP contribution in [0.2, 0.25) is 5.02 Å². The van der Waals surface area contributed by atoms with E-state index in [0.717, 1.165) is 12.1 Å². The molecule has 5 heteroatoms. The molecule has 0 spiro atoms. The van der Waals surface area contributed by atoms with E-state index in [1.165, 1.54) is 0 Å². The van der Waals surface area contributed by atoms with Crippen LogP contribution in [0.5, 0.6) is 0 Å². The van der Waals surface area contributed by atoms with Gasteiger partial charge in [-0.05, 0) is 12.1 Å². The molecule has 12 heavy (non-hydrogen) atoms. The predicted octanol–water partition coefficient (Wildman–Crippen LogP) is 1.72. The van der Waals surface area contributed by atoms with Crippen molar-refractivity contribution in [2.45, 2.75) is 0 Å². The van der Waals surface area contributed by atoms with Gasteiger partial charge in [-0.3, -0.25) is 4.79 Å². The highest BCUT2D eigenvalue weighted by molar-refractivity contribution is 6.31. The largest absolute Gasteiger partial charge is 0.366 e. The van der Waals surface area contributed by atoms with E-state index in [1.54, 1.807) is 0 Å². The third-order valence-corrected chi connectivity index (χ3v) is 1.48. The van der Waals surface area contributed by atoms with E-state index < -0.39 is 23.1 Å². The summed E-state index contributed by atoms with van der Waals surface area (Å²) in [5, 5.41) is -0.0669. The molecule has 2 nitrogen and oxygen atoms in total. The summed E-state index contributed by atoms with van der Waals surface area (Å²) in [5.41, 5.74) is 4.21. The lowest BCUT2D eigenvalue weighted by molar-refractivity contribution is 0.0995. The summed E-state index contributed by atoms with van der Waals surface area (Å²) in [6.45, 7) is 0. The summed E-state index contributed by atoms with van der Waals surface area (Å²) in [4.78, 5) is 10.5. The second kappa shape index (κ2) is 3.06. The van der Waals surface area contributed by atoms with E-state index in [-0.39, 0.29) is 5.02 Å². The number of nitrogens with two attached hydrogens (primary N) is 1. The molecule has 0 aliphatic carbocycles. The van der Waals surface area contributed by atoms with Crippen LogP contribution in [0.1, 0.15) is 10.4 Å². The number of primary amides is 1. The monoisotopic (exact) mass is 191 g/mol. The molecule has 0 bridgehead atoms. The zero-order chi connectivity index (χ0) is 9.30. The zero-order valence-corrected chi connectivity index (χ0v) is 6.53. The Morgan fingerprint density at radius 1 is 1.42 bits per heavy atom. The Morgan fingerprint density at radius 2 is 2.00 bits per heavy atom. The number of carbonyl (C=O) groups is 1. The maximum Gasteiger partial charge on any atom is 0.251 e. The topological polar surface area (TPSA) is 43.1 Å². The number of carbonyl (C=O) groups excluding carboxylic acids is 1. The molecule has 2 N–H and O–H groups in total. The minimum Gasteiger partial charge on any atom is -0.366 e. The summed E-state index contributed by atoms with van der Waals surface area (Å²) in [5.74, 6) is -3.50. The molecule has 0 aromatic heterocycles. The van der Waals surface area contributed by atoms with Gasteiger partial charge in [0, 0.05) is 5.02 Å². The quantitative estimate of drug-likeness (QED) is 0.675. The highest BCUT2D eigenvalue weighted by Crippen LogP contribution is 2.17. The van der Waals surface area contributed by atoms with Crippen molar-refractivity contribution in [1.29, 1.82) is 0 Å². The van der Waals surface area contributed by atoms with E-state index in [1.807, 2.05) is 0 Å². The van der Waals surface area contributed by atoms with Crippen LogP contribution in [-0.2, 0) is 0 Å². The van der Waals surface area contributed by atoms with Crippen LogP contribution in [0.25, 0.3) is 0 Å². The molecular formula is C7H4ClF2NO. The molecule has 0 saturated heterocycles. The molecular weight excluding hydrogens is 188 g/mol. The van der Waals surface area contributed by atoms with Gasteiger partial charge in [-0.2, -0.15) is 0 Å². The van der Waals surface area contributed by atoms with Gasteiger partial charge in [0.05, 0.1) is 5.56 Å². The molecule has 1 aromatic rings. The molecule has 0 aliphatic heterocycles. The highest BCUT2D eigenvalue weighted by Gasteiger charge is 2.13. The standard InChI is InChI=1S/C7H4ClF2NO/c8-3-1-4(7(11)12)6(10)5(9)2-3/h1-2H,(H2,11,12). The van der Waals surface area contributed by atoms with E-state index >= 15 is 0 Å². The molecule has 0 saturated carbocycles. The van der Waals surface area contributed by atoms with E-state index in [9.17, 15) is 13.6 Å². The van der Waals surface area contributed by atoms with Crippen LogP contribution in [0.3, 0.4) is 0 Å². The van der Waals surface area contributed by atoms with Crippen molar-refractivity contribution in [3.8, 4) is 0 Å². The molecule has 0 fully saturated rings. The van der Waals surface area contributed by atoms with Gasteiger partial charge in [-0.1, -0.05) is 11.6 Å². The lowest BCUT2D eigenvalue weighted by Crippen LogP contribution is -2.14. The molecule has 1 aromatic carbocycles. The maximum absolute atomic E-state index is 12.7. The second-order valence-corrected chi connectivity index (χ2v) is 2.55.